The first-order valence-electron chi connectivity index (χ1n) is 12.8. The van der Waals surface area contributed by atoms with Gasteiger partial charge < -0.3 is 29.6 Å². The summed E-state index contributed by atoms with van der Waals surface area (Å²) in [6.07, 6.45) is -0.671. The average Bonchev–Trinajstić information content (AvgIpc) is 3.32. The number of nitrogens with one attached hydrogen (secondary N) is 2. The second kappa shape index (κ2) is 12.0. The number of fused-ring (bicyclic) bond motifs is 1. The fraction of sp³-hybridized carbons (Fsp3) is 0.577. The quantitative estimate of drug-likeness (QED) is 0.339. The Morgan fingerprint density at radius 1 is 0.975 bits per heavy atom. The Morgan fingerprint density at radius 3 is 2.15 bits per heavy atom. The van der Waals surface area contributed by atoms with E-state index in [9.17, 15) is 24.0 Å². The molecule has 40 heavy (non-hydrogen) atoms. The van der Waals surface area contributed by atoms with Crippen molar-refractivity contribution in [1.82, 2.24) is 14.5 Å². The zero-order chi connectivity index (χ0) is 29.9. The molecule has 4 atom stereocenters. The lowest BCUT2D eigenvalue weighted by Gasteiger charge is -2.34. The van der Waals surface area contributed by atoms with Crippen LogP contribution in [0.4, 0.5) is 11.5 Å². The van der Waals surface area contributed by atoms with Gasteiger partial charge in [0.1, 0.15) is 30.5 Å². The normalized spacial score (nSPS) is 22.3. The molecular formula is C26H35N5O9. The number of carbonyl (C=O) groups excluding carboxylic acids is 5. The maximum atomic E-state index is 12.7. The summed E-state index contributed by atoms with van der Waals surface area (Å²) in [6, 6.07) is 0. The molecule has 0 aliphatic carbocycles. The molecule has 2 N–H and O–H groups in total. The first-order valence-corrected chi connectivity index (χ1v) is 12.8. The van der Waals surface area contributed by atoms with Gasteiger partial charge in [-0.25, -0.2) is 9.97 Å². The van der Waals surface area contributed by atoms with Gasteiger partial charge in [-0.1, -0.05) is 27.7 Å². The van der Waals surface area contributed by atoms with Crippen molar-refractivity contribution in [2.24, 2.45) is 11.8 Å². The molecule has 2 amide bonds. The molecule has 3 rings (SSSR count). The number of nitrogens with zero attached hydrogens (tertiary/aromatic N) is 3. The van der Waals surface area contributed by atoms with Gasteiger partial charge in [0.25, 0.3) is 0 Å². The van der Waals surface area contributed by atoms with Gasteiger partial charge in [-0.2, -0.15) is 0 Å². The van der Waals surface area contributed by atoms with E-state index < -0.39 is 41.9 Å². The maximum absolute atomic E-state index is 12.7. The molecule has 1 saturated heterocycles. The third-order valence-corrected chi connectivity index (χ3v) is 6.21. The summed E-state index contributed by atoms with van der Waals surface area (Å²) in [5.41, 5.74) is -1.17. The van der Waals surface area contributed by atoms with Crippen LogP contribution in [0.2, 0.25) is 0 Å². The van der Waals surface area contributed by atoms with Crippen LogP contribution in [0.3, 0.4) is 0 Å². The summed E-state index contributed by atoms with van der Waals surface area (Å²) >= 11 is 0. The first kappa shape index (κ1) is 30.5. The summed E-state index contributed by atoms with van der Waals surface area (Å²) < 4.78 is 24.1. The average molecular weight is 562 g/mol. The van der Waals surface area contributed by atoms with E-state index in [1.807, 2.05) is 0 Å². The fourth-order valence-corrected chi connectivity index (χ4v) is 4.33. The Hall–Kier alpha value is -4.07. The summed E-state index contributed by atoms with van der Waals surface area (Å²) in [5.74, 6) is -3.19. The maximum Gasteiger partial charge on any atom is 0.303 e. The first-order chi connectivity index (χ1) is 18.6. The van der Waals surface area contributed by atoms with E-state index in [0.29, 0.717) is 5.39 Å². The van der Waals surface area contributed by atoms with Gasteiger partial charge in [0.2, 0.25) is 11.8 Å². The Morgan fingerprint density at radius 2 is 1.60 bits per heavy atom. The monoisotopic (exact) mass is 561 g/mol. The Balaban J connectivity index is 2.25. The molecule has 0 unspecified atom stereocenters. The van der Waals surface area contributed by atoms with Crippen molar-refractivity contribution < 1.29 is 42.9 Å². The van der Waals surface area contributed by atoms with Crippen molar-refractivity contribution in [3.05, 3.63) is 12.5 Å². The van der Waals surface area contributed by atoms with Gasteiger partial charge >= 0.3 is 17.9 Å². The van der Waals surface area contributed by atoms with Crippen LogP contribution in [0.1, 0.15) is 61.6 Å². The standard InChI is InChI=1S/C26H35N5O9/c1-12(2)23(35)29-17-9-31(22-19(17)21(27-11-28-22)30-24(36)13(3)4)25-26(8,40-16(7)34)20(38-15(6)33)18(39-25)10-37-14(5)32/h9,11-13,18,20,25H,10H2,1-8H3,(H,29,35)(H,27,28,30,36)/t18-,20-,25-,26-/m1/s1. The van der Waals surface area contributed by atoms with E-state index in [-0.39, 0.29) is 47.4 Å². The predicted octanol–water partition coefficient (Wildman–Crippen LogP) is 2.33. The number of hydrogen-bond acceptors (Lipinski definition) is 11. The zero-order valence-electron chi connectivity index (χ0n) is 23.8. The van der Waals surface area contributed by atoms with Crippen LogP contribution in [0.5, 0.6) is 0 Å². The van der Waals surface area contributed by atoms with Crippen molar-refractivity contribution in [2.45, 2.75) is 79.4 Å². The molecule has 2 aromatic rings. The van der Waals surface area contributed by atoms with E-state index in [2.05, 4.69) is 20.6 Å². The number of anilines is 2. The number of rotatable bonds is 9. The highest BCUT2D eigenvalue weighted by molar-refractivity contribution is 6.09. The molecule has 3 heterocycles. The van der Waals surface area contributed by atoms with Crippen LogP contribution in [0.15, 0.2) is 12.5 Å². The minimum absolute atomic E-state index is 0.140. The van der Waals surface area contributed by atoms with Crippen molar-refractivity contribution in [1.29, 1.82) is 0 Å². The highest BCUT2D eigenvalue weighted by atomic mass is 16.7. The largest absolute Gasteiger partial charge is 0.463 e. The van der Waals surface area contributed by atoms with Gasteiger partial charge in [-0.3, -0.25) is 28.5 Å². The molecule has 14 nitrogen and oxygen atoms in total. The lowest BCUT2D eigenvalue weighted by Crippen LogP contribution is -2.50. The molecule has 1 fully saturated rings. The molecule has 1 aliphatic rings. The van der Waals surface area contributed by atoms with Crippen molar-refractivity contribution >= 4 is 52.3 Å². The smallest absolute Gasteiger partial charge is 0.303 e. The van der Waals surface area contributed by atoms with E-state index in [1.165, 1.54) is 44.8 Å². The molecular weight excluding hydrogens is 526 g/mol. The van der Waals surface area contributed by atoms with Crippen LogP contribution < -0.4 is 10.6 Å². The second-order valence-electron chi connectivity index (χ2n) is 10.3. The van der Waals surface area contributed by atoms with Gasteiger partial charge in [0, 0.05) is 38.8 Å². The number of amides is 2. The van der Waals surface area contributed by atoms with E-state index in [4.69, 9.17) is 18.9 Å². The van der Waals surface area contributed by atoms with Crippen LogP contribution in [-0.2, 0) is 42.9 Å². The lowest BCUT2D eigenvalue weighted by atomic mass is 9.95. The molecule has 0 spiro atoms. The lowest BCUT2D eigenvalue weighted by molar-refractivity contribution is -0.184. The number of hydrogen-bond donors (Lipinski definition) is 2. The molecule has 2 aromatic heterocycles. The molecule has 0 saturated carbocycles. The summed E-state index contributed by atoms with van der Waals surface area (Å²) in [5, 5.41) is 5.88. The Labute approximate surface area is 231 Å². The van der Waals surface area contributed by atoms with Crippen molar-refractivity contribution in [3.63, 3.8) is 0 Å². The molecule has 218 valence electrons. The molecule has 14 heteroatoms. The van der Waals surface area contributed by atoms with E-state index >= 15 is 0 Å². The minimum atomic E-state index is -1.64. The van der Waals surface area contributed by atoms with Gasteiger partial charge in [0.15, 0.2) is 17.9 Å². The molecule has 1 aliphatic heterocycles. The van der Waals surface area contributed by atoms with Crippen LogP contribution in [-0.4, -0.2) is 68.7 Å². The minimum Gasteiger partial charge on any atom is -0.463 e. The molecule has 0 aromatic carbocycles. The van der Waals surface area contributed by atoms with Gasteiger partial charge in [-0.15, -0.1) is 0 Å². The van der Waals surface area contributed by atoms with Gasteiger partial charge in [-0.05, 0) is 6.92 Å². The highest BCUT2D eigenvalue weighted by Gasteiger charge is 2.60. The third kappa shape index (κ3) is 6.38. The van der Waals surface area contributed by atoms with Gasteiger partial charge in [0.05, 0.1) is 11.1 Å². The number of aromatic nitrogens is 3. The van der Waals surface area contributed by atoms with E-state index in [1.54, 1.807) is 27.7 Å². The fourth-order valence-electron chi connectivity index (χ4n) is 4.33. The van der Waals surface area contributed by atoms with Crippen molar-refractivity contribution in [2.75, 3.05) is 17.2 Å². The summed E-state index contributed by atoms with van der Waals surface area (Å²) in [6.45, 7) is 11.7. The third-order valence-electron chi connectivity index (χ3n) is 6.21. The SMILES string of the molecule is CC(=O)OC[C@H]1O[C@@H](n2cc(NC(=O)C(C)C)c3c(NC(=O)C(C)C)ncnc32)[C@](C)(OC(C)=O)[C@@H]1OC(C)=O. The Kier molecular flexibility index (Phi) is 9.13. The van der Waals surface area contributed by atoms with Crippen LogP contribution in [0.25, 0.3) is 11.0 Å². The number of ether oxygens (including phenoxy) is 4. The summed E-state index contributed by atoms with van der Waals surface area (Å²) in [7, 11) is 0. The molecule has 0 radical (unpaired) electrons. The topological polar surface area (TPSA) is 177 Å². The predicted molar refractivity (Wildman–Crippen MR) is 141 cm³/mol. The zero-order valence-corrected chi connectivity index (χ0v) is 23.8. The number of esters is 3. The van der Waals surface area contributed by atoms with Crippen LogP contribution >= 0.6 is 0 Å². The molecule has 0 bridgehead atoms. The second-order valence-corrected chi connectivity index (χ2v) is 10.3. The van der Waals surface area contributed by atoms with Crippen LogP contribution in [0, 0.1) is 11.8 Å². The van der Waals surface area contributed by atoms with Crippen molar-refractivity contribution in [3.8, 4) is 0 Å². The van der Waals surface area contributed by atoms with E-state index in [0.717, 1.165) is 0 Å². The highest BCUT2D eigenvalue weighted by Crippen LogP contribution is 2.46. The Bertz CT molecular complexity index is 1320. The number of carbonyl (C=O) groups is 5. The summed E-state index contributed by atoms with van der Waals surface area (Å²) in [4.78, 5) is 69.8.